The molecule has 1 atom stereocenters. The number of amides is 1. The van der Waals surface area contributed by atoms with E-state index >= 15 is 0 Å². The zero-order valence-electron chi connectivity index (χ0n) is 9.96. The largest absolute Gasteiger partial charge is 0.348 e. The lowest BCUT2D eigenvalue weighted by atomic mass is 10.1. The lowest BCUT2D eigenvalue weighted by molar-refractivity contribution is 0.0933. The van der Waals surface area contributed by atoms with Gasteiger partial charge in [0.2, 0.25) is 0 Å². The standard InChI is InChI=1S/C12H16Cl2N2O/c1-3-4-5-8(2)15-12(17)11-9(13)6-7-10(14)16-11/h6-8H,3-5H2,1-2H3,(H,15,17). The maximum Gasteiger partial charge on any atom is 0.271 e. The minimum Gasteiger partial charge on any atom is -0.348 e. The van der Waals surface area contributed by atoms with Crippen molar-refractivity contribution in [2.24, 2.45) is 0 Å². The van der Waals surface area contributed by atoms with Gasteiger partial charge in [-0.2, -0.15) is 0 Å². The molecule has 17 heavy (non-hydrogen) atoms. The summed E-state index contributed by atoms with van der Waals surface area (Å²) in [5.74, 6) is -0.277. The number of halogens is 2. The molecular weight excluding hydrogens is 259 g/mol. The molecule has 0 saturated carbocycles. The van der Waals surface area contributed by atoms with E-state index in [1.807, 2.05) is 6.92 Å². The van der Waals surface area contributed by atoms with Gasteiger partial charge in [-0.05, 0) is 25.5 Å². The van der Waals surface area contributed by atoms with Crippen LogP contribution in [0.5, 0.6) is 0 Å². The quantitative estimate of drug-likeness (QED) is 0.832. The van der Waals surface area contributed by atoms with Gasteiger partial charge < -0.3 is 5.32 Å². The van der Waals surface area contributed by atoms with E-state index < -0.39 is 0 Å². The summed E-state index contributed by atoms with van der Waals surface area (Å²) in [5.41, 5.74) is 0.183. The Balaban J connectivity index is 2.66. The Morgan fingerprint density at radius 2 is 2.18 bits per heavy atom. The highest BCUT2D eigenvalue weighted by Crippen LogP contribution is 2.17. The third kappa shape index (κ3) is 4.52. The third-order valence-electron chi connectivity index (χ3n) is 2.40. The second-order valence-electron chi connectivity index (χ2n) is 3.98. The van der Waals surface area contributed by atoms with Gasteiger partial charge in [0, 0.05) is 6.04 Å². The van der Waals surface area contributed by atoms with E-state index in [2.05, 4.69) is 17.2 Å². The molecule has 0 aliphatic carbocycles. The van der Waals surface area contributed by atoms with E-state index in [1.54, 1.807) is 12.1 Å². The van der Waals surface area contributed by atoms with Crippen LogP contribution < -0.4 is 5.32 Å². The number of nitrogens with zero attached hydrogens (tertiary/aromatic N) is 1. The molecule has 94 valence electrons. The van der Waals surface area contributed by atoms with Crippen LogP contribution in [0.1, 0.15) is 43.6 Å². The van der Waals surface area contributed by atoms with Gasteiger partial charge in [-0.3, -0.25) is 4.79 Å². The van der Waals surface area contributed by atoms with Crippen molar-refractivity contribution in [3.63, 3.8) is 0 Å². The number of carbonyl (C=O) groups excluding carboxylic acids is 1. The average Bonchev–Trinajstić information content (AvgIpc) is 2.29. The highest BCUT2D eigenvalue weighted by molar-refractivity contribution is 6.34. The zero-order valence-corrected chi connectivity index (χ0v) is 11.5. The normalized spacial score (nSPS) is 12.2. The lowest BCUT2D eigenvalue weighted by Gasteiger charge is -2.13. The van der Waals surface area contributed by atoms with Crippen molar-refractivity contribution >= 4 is 29.1 Å². The average molecular weight is 275 g/mol. The van der Waals surface area contributed by atoms with Gasteiger partial charge in [-0.1, -0.05) is 43.0 Å². The molecule has 1 N–H and O–H groups in total. The summed E-state index contributed by atoms with van der Waals surface area (Å²) in [6.45, 7) is 4.08. The lowest BCUT2D eigenvalue weighted by Crippen LogP contribution is -2.33. The molecule has 0 saturated heterocycles. The summed E-state index contributed by atoms with van der Waals surface area (Å²) in [7, 11) is 0. The SMILES string of the molecule is CCCCC(C)NC(=O)c1nc(Cl)ccc1Cl. The summed E-state index contributed by atoms with van der Waals surface area (Å²) in [6.07, 6.45) is 3.13. The molecule has 0 aromatic carbocycles. The van der Waals surface area contributed by atoms with Crippen LogP contribution in [0.25, 0.3) is 0 Å². The van der Waals surface area contributed by atoms with Gasteiger partial charge in [0.25, 0.3) is 5.91 Å². The van der Waals surface area contributed by atoms with E-state index in [9.17, 15) is 4.79 Å². The Morgan fingerprint density at radius 3 is 2.82 bits per heavy atom. The minimum absolute atomic E-state index is 0.110. The van der Waals surface area contributed by atoms with Gasteiger partial charge >= 0.3 is 0 Å². The number of hydrogen-bond donors (Lipinski definition) is 1. The van der Waals surface area contributed by atoms with Crippen LogP contribution in [0.4, 0.5) is 0 Å². The first-order valence-electron chi connectivity index (χ1n) is 5.67. The predicted molar refractivity (Wildman–Crippen MR) is 70.7 cm³/mol. The summed E-state index contributed by atoms with van der Waals surface area (Å²) in [5, 5.41) is 3.43. The number of unbranched alkanes of at least 4 members (excludes halogenated alkanes) is 1. The molecule has 1 aromatic rings. The van der Waals surface area contributed by atoms with Crippen molar-refractivity contribution in [3.05, 3.63) is 28.0 Å². The Hall–Kier alpha value is -0.800. The number of hydrogen-bond acceptors (Lipinski definition) is 2. The molecule has 1 amide bonds. The highest BCUT2D eigenvalue weighted by Gasteiger charge is 2.14. The molecule has 5 heteroatoms. The van der Waals surface area contributed by atoms with E-state index in [4.69, 9.17) is 23.2 Å². The molecule has 1 rings (SSSR count). The highest BCUT2D eigenvalue weighted by atomic mass is 35.5. The fourth-order valence-corrected chi connectivity index (χ4v) is 1.79. The summed E-state index contributed by atoms with van der Waals surface area (Å²) in [6, 6.07) is 3.24. The van der Waals surface area contributed by atoms with Gasteiger partial charge in [0.1, 0.15) is 10.8 Å². The third-order valence-corrected chi connectivity index (χ3v) is 2.91. The van der Waals surface area contributed by atoms with Gasteiger partial charge in [0.05, 0.1) is 5.02 Å². The number of aromatic nitrogens is 1. The Kier molecular flexibility index (Phi) is 5.72. The summed E-state index contributed by atoms with van der Waals surface area (Å²) >= 11 is 11.6. The Morgan fingerprint density at radius 1 is 1.47 bits per heavy atom. The summed E-state index contributed by atoms with van der Waals surface area (Å²) < 4.78 is 0. The second kappa shape index (κ2) is 6.82. The number of nitrogens with one attached hydrogen (secondary N) is 1. The first-order chi connectivity index (χ1) is 8.04. The van der Waals surface area contributed by atoms with E-state index in [0.29, 0.717) is 5.02 Å². The molecule has 1 unspecified atom stereocenters. The van der Waals surface area contributed by atoms with Crippen LogP contribution in [-0.2, 0) is 0 Å². The smallest absolute Gasteiger partial charge is 0.271 e. The fraction of sp³-hybridized carbons (Fsp3) is 0.500. The van der Waals surface area contributed by atoms with Crippen LogP contribution in [0.2, 0.25) is 10.2 Å². The number of carbonyl (C=O) groups is 1. The topological polar surface area (TPSA) is 42.0 Å². The van der Waals surface area contributed by atoms with Crippen molar-refractivity contribution in [1.82, 2.24) is 10.3 Å². The molecular formula is C12H16Cl2N2O. The van der Waals surface area contributed by atoms with Crippen molar-refractivity contribution in [2.75, 3.05) is 0 Å². The zero-order chi connectivity index (χ0) is 12.8. The fourth-order valence-electron chi connectivity index (χ4n) is 1.45. The maximum absolute atomic E-state index is 11.9. The molecule has 0 fully saturated rings. The summed E-state index contributed by atoms with van der Waals surface area (Å²) in [4.78, 5) is 15.8. The molecule has 3 nitrogen and oxygen atoms in total. The van der Waals surface area contributed by atoms with Crippen molar-refractivity contribution in [3.8, 4) is 0 Å². The molecule has 0 spiro atoms. The molecule has 0 radical (unpaired) electrons. The van der Waals surface area contributed by atoms with Crippen molar-refractivity contribution < 1.29 is 4.79 Å². The minimum atomic E-state index is -0.277. The monoisotopic (exact) mass is 274 g/mol. The Labute approximate surface area is 112 Å². The van der Waals surface area contributed by atoms with Crippen LogP contribution in [0, 0.1) is 0 Å². The van der Waals surface area contributed by atoms with Crippen LogP contribution >= 0.6 is 23.2 Å². The van der Waals surface area contributed by atoms with Gasteiger partial charge in [-0.25, -0.2) is 4.98 Å². The van der Waals surface area contributed by atoms with Crippen LogP contribution in [0.3, 0.4) is 0 Å². The van der Waals surface area contributed by atoms with Crippen molar-refractivity contribution in [1.29, 1.82) is 0 Å². The molecule has 0 aliphatic rings. The molecule has 0 bridgehead atoms. The molecule has 1 heterocycles. The number of rotatable bonds is 5. The van der Waals surface area contributed by atoms with Gasteiger partial charge in [0.15, 0.2) is 0 Å². The second-order valence-corrected chi connectivity index (χ2v) is 4.78. The molecule has 0 aliphatic heterocycles. The van der Waals surface area contributed by atoms with Crippen molar-refractivity contribution in [2.45, 2.75) is 39.2 Å². The van der Waals surface area contributed by atoms with Gasteiger partial charge in [-0.15, -0.1) is 0 Å². The van der Waals surface area contributed by atoms with Crippen LogP contribution in [-0.4, -0.2) is 16.9 Å². The number of pyridine rings is 1. The van der Waals surface area contributed by atoms with E-state index in [-0.39, 0.29) is 22.8 Å². The van der Waals surface area contributed by atoms with E-state index in [0.717, 1.165) is 19.3 Å². The maximum atomic E-state index is 11.9. The predicted octanol–water partition coefficient (Wildman–Crippen LogP) is 3.70. The van der Waals surface area contributed by atoms with E-state index in [1.165, 1.54) is 0 Å². The first-order valence-corrected chi connectivity index (χ1v) is 6.43. The first kappa shape index (κ1) is 14.3. The van der Waals surface area contributed by atoms with Crippen LogP contribution in [0.15, 0.2) is 12.1 Å². The molecule has 1 aromatic heterocycles. The Bertz CT molecular complexity index is 396.